The second kappa shape index (κ2) is 2.27. The first-order valence-corrected chi connectivity index (χ1v) is 4.11. The molecule has 1 unspecified atom stereocenters. The summed E-state index contributed by atoms with van der Waals surface area (Å²) in [6, 6.07) is 1.67. The predicted octanol–water partition coefficient (Wildman–Crippen LogP) is 2.30. The first kappa shape index (κ1) is 6.73. The molecule has 0 amide bonds. The average Bonchev–Trinajstić information content (AvgIpc) is 2.45. The van der Waals surface area contributed by atoms with Gasteiger partial charge in [-0.1, -0.05) is 0 Å². The van der Waals surface area contributed by atoms with Gasteiger partial charge in [0.25, 0.3) is 0 Å². The van der Waals surface area contributed by atoms with Gasteiger partial charge in [0, 0.05) is 10.4 Å². The molecule has 11 heavy (non-hydrogen) atoms. The summed E-state index contributed by atoms with van der Waals surface area (Å²) in [6.07, 6.45) is 1.52. The maximum atomic E-state index is 12.7. The first-order valence-electron chi connectivity index (χ1n) is 3.23. The van der Waals surface area contributed by atoms with Crippen molar-refractivity contribution < 1.29 is 9.18 Å². The number of ketones is 1. The molecule has 2 rings (SSSR count). The van der Waals surface area contributed by atoms with Crippen molar-refractivity contribution in [1.29, 1.82) is 0 Å². The molecule has 1 aromatic heterocycles. The summed E-state index contributed by atoms with van der Waals surface area (Å²) in [6.45, 7) is 0. The molecule has 0 fully saturated rings. The van der Waals surface area contributed by atoms with E-state index >= 15 is 0 Å². The van der Waals surface area contributed by atoms with Crippen LogP contribution in [0.3, 0.4) is 0 Å². The van der Waals surface area contributed by atoms with Crippen LogP contribution < -0.4 is 0 Å². The minimum absolute atomic E-state index is 0.413. The lowest BCUT2D eigenvalue weighted by molar-refractivity contribution is 0.0912. The number of halogens is 1. The fraction of sp³-hybridized carbons (Fsp3) is 0.125. The molecule has 0 aromatic carbocycles. The maximum Gasteiger partial charge on any atom is 0.202 e. The van der Waals surface area contributed by atoms with Crippen molar-refractivity contribution in [2.45, 2.75) is 6.17 Å². The summed E-state index contributed by atoms with van der Waals surface area (Å²) in [5, 5.41) is 1.80. The zero-order valence-corrected chi connectivity index (χ0v) is 6.40. The van der Waals surface area contributed by atoms with Crippen molar-refractivity contribution in [1.82, 2.24) is 0 Å². The van der Waals surface area contributed by atoms with Gasteiger partial charge in [-0.05, 0) is 23.6 Å². The standard InChI is InChI=1S/C8H5FOS/c9-6-1-2-7-5(8(6)10)3-4-11-7/h1-4,6H. The van der Waals surface area contributed by atoms with E-state index in [1.165, 1.54) is 17.4 Å². The Morgan fingerprint density at radius 1 is 1.55 bits per heavy atom. The Bertz CT molecular complexity index is 327. The maximum absolute atomic E-state index is 12.7. The molecule has 1 nitrogen and oxygen atoms in total. The summed E-state index contributed by atoms with van der Waals surface area (Å²) in [5.74, 6) is -0.413. The Kier molecular flexibility index (Phi) is 1.39. The molecule has 0 aliphatic heterocycles. The third-order valence-electron chi connectivity index (χ3n) is 1.63. The molecule has 0 spiro atoms. The number of hydrogen-bond donors (Lipinski definition) is 0. The summed E-state index contributed by atoms with van der Waals surface area (Å²) in [7, 11) is 0. The Morgan fingerprint density at radius 2 is 2.36 bits per heavy atom. The Morgan fingerprint density at radius 3 is 3.18 bits per heavy atom. The molecule has 0 bridgehead atoms. The molecule has 56 valence electrons. The highest BCUT2D eigenvalue weighted by molar-refractivity contribution is 7.11. The van der Waals surface area contributed by atoms with E-state index in [0.29, 0.717) is 5.56 Å². The van der Waals surface area contributed by atoms with E-state index in [2.05, 4.69) is 0 Å². The van der Waals surface area contributed by atoms with E-state index in [4.69, 9.17) is 0 Å². The highest BCUT2D eigenvalue weighted by Crippen LogP contribution is 2.25. The number of carbonyl (C=O) groups excluding carboxylic acids is 1. The fourth-order valence-electron chi connectivity index (χ4n) is 1.06. The molecule has 0 radical (unpaired) electrons. The number of allylic oxidation sites excluding steroid dienone is 1. The zero-order chi connectivity index (χ0) is 7.84. The highest BCUT2D eigenvalue weighted by atomic mass is 32.1. The van der Waals surface area contributed by atoms with Crippen LogP contribution in [0.25, 0.3) is 6.08 Å². The smallest absolute Gasteiger partial charge is 0.202 e. The largest absolute Gasteiger partial charge is 0.290 e. The first-order chi connectivity index (χ1) is 5.29. The van der Waals surface area contributed by atoms with Crippen LogP contribution >= 0.6 is 11.3 Å². The second-order valence-electron chi connectivity index (χ2n) is 2.32. The van der Waals surface area contributed by atoms with Crippen LogP contribution in [0.4, 0.5) is 4.39 Å². The number of rotatable bonds is 0. The molecule has 1 atom stereocenters. The van der Waals surface area contributed by atoms with Crippen LogP contribution in [-0.2, 0) is 0 Å². The van der Waals surface area contributed by atoms with Gasteiger partial charge in [0.2, 0.25) is 5.78 Å². The summed E-state index contributed by atoms with van der Waals surface area (Å²) < 4.78 is 12.7. The van der Waals surface area contributed by atoms with Gasteiger partial charge in [-0.25, -0.2) is 4.39 Å². The number of fused-ring (bicyclic) bond motifs is 1. The summed E-state index contributed by atoms with van der Waals surface area (Å²) >= 11 is 1.46. The van der Waals surface area contributed by atoms with E-state index in [1.54, 1.807) is 17.5 Å². The van der Waals surface area contributed by atoms with Crippen molar-refractivity contribution in [3.63, 3.8) is 0 Å². The Labute approximate surface area is 67.2 Å². The molecule has 0 N–H and O–H groups in total. The third kappa shape index (κ3) is 0.922. The molecule has 1 aromatic rings. The monoisotopic (exact) mass is 168 g/mol. The van der Waals surface area contributed by atoms with Gasteiger partial charge >= 0.3 is 0 Å². The molecule has 1 heterocycles. The number of carbonyl (C=O) groups is 1. The van der Waals surface area contributed by atoms with Gasteiger partial charge in [0.1, 0.15) is 0 Å². The van der Waals surface area contributed by atoms with Crippen LogP contribution in [0.5, 0.6) is 0 Å². The van der Waals surface area contributed by atoms with Crippen molar-refractivity contribution in [3.8, 4) is 0 Å². The van der Waals surface area contributed by atoms with E-state index in [9.17, 15) is 9.18 Å². The van der Waals surface area contributed by atoms with E-state index < -0.39 is 12.0 Å². The van der Waals surface area contributed by atoms with Crippen LogP contribution in [-0.4, -0.2) is 12.0 Å². The van der Waals surface area contributed by atoms with E-state index in [0.717, 1.165) is 4.88 Å². The quantitative estimate of drug-likeness (QED) is 0.581. The van der Waals surface area contributed by atoms with Gasteiger partial charge in [0.05, 0.1) is 0 Å². The van der Waals surface area contributed by atoms with Crippen LogP contribution in [0.2, 0.25) is 0 Å². The lowest BCUT2D eigenvalue weighted by Crippen LogP contribution is -2.15. The number of hydrogen-bond acceptors (Lipinski definition) is 2. The molecule has 3 heteroatoms. The van der Waals surface area contributed by atoms with Gasteiger partial charge in [-0.3, -0.25) is 4.79 Å². The number of Topliss-reactive ketones (excluding diaryl/α,β-unsaturated/α-hetero) is 1. The SMILES string of the molecule is O=C1c2ccsc2C=CC1F. The van der Waals surface area contributed by atoms with E-state index in [1.807, 2.05) is 0 Å². The minimum atomic E-state index is -1.43. The van der Waals surface area contributed by atoms with Crippen molar-refractivity contribution >= 4 is 23.2 Å². The van der Waals surface area contributed by atoms with Crippen molar-refractivity contribution in [2.75, 3.05) is 0 Å². The predicted molar refractivity (Wildman–Crippen MR) is 42.6 cm³/mol. The van der Waals surface area contributed by atoms with Crippen molar-refractivity contribution in [3.05, 3.63) is 28.0 Å². The Hall–Kier alpha value is -0.960. The zero-order valence-electron chi connectivity index (χ0n) is 5.58. The average molecular weight is 168 g/mol. The molecule has 0 saturated heterocycles. The topological polar surface area (TPSA) is 17.1 Å². The number of alkyl halides is 1. The van der Waals surface area contributed by atoms with Crippen LogP contribution in [0.15, 0.2) is 17.5 Å². The molecule has 1 aliphatic carbocycles. The molecule has 0 saturated carbocycles. The normalized spacial score (nSPS) is 21.9. The molecule has 1 aliphatic rings. The minimum Gasteiger partial charge on any atom is -0.290 e. The highest BCUT2D eigenvalue weighted by Gasteiger charge is 2.23. The van der Waals surface area contributed by atoms with E-state index in [-0.39, 0.29) is 0 Å². The number of thiophene rings is 1. The van der Waals surface area contributed by atoms with Gasteiger partial charge in [-0.2, -0.15) is 0 Å². The fourth-order valence-corrected chi connectivity index (χ4v) is 1.86. The summed E-state index contributed by atoms with van der Waals surface area (Å²) in [5.41, 5.74) is 0.519. The summed E-state index contributed by atoms with van der Waals surface area (Å²) in [4.78, 5) is 11.9. The van der Waals surface area contributed by atoms with Gasteiger partial charge < -0.3 is 0 Å². The van der Waals surface area contributed by atoms with Gasteiger partial charge in [-0.15, -0.1) is 11.3 Å². The van der Waals surface area contributed by atoms with Crippen molar-refractivity contribution in [2.24, 2.45) is 0 Å². The molecular weight excluding hydrogens is 163 g/mol. The third-order valence-corrected chi connectivity index (χ3v) is 2.51. The lowest BCUT2D eigenvalue weighted by Gasteiger charge is -2.06. The van der Waals surface area contributed by atoms with Gasteiger partial charge in [0.15, 0.2) is 6.17 Å². The lowest BCUT2D eigenvalue weighted by atomic mass is 10.0. The van der Waals surface area contributed by atoms with Crippen LogP contribution in [0, 0.1) is 0 Å². The second-order valence-corrected chi connectivity index (χ2v) is 3.27. The molecular formula is C8H5FOS. The van der Waals surface area contributed by atoms with Crippen LogP contribution in [0.1, 0.15) is 15.2 Å². The Balaban J connectivity index is 2.57.